The number of hydrogen-bond donors (Lipinski definition) is 0. The van der Waals surface area contributed by atoms with Gasteiger partial charge in [-0.1, -0.05) is 57.6 Å². The Morgan fingerprint density at radius 1 is 0.711 bits per heavy atom. The molecule has 1 heterocycles. The van der Waals surface area contributed by atoms with Gasteiger partial charge in [0.1, 0.15) is 5.83 Å². The van der Waals surface area contributed by atoms with E-state index in [1.54, 1.807) is 0 Å². The van der Waals surface area contributed by atoms with Crippen LogP contribution in [-0.2, 0) is 4.74 Å². The molecule has 1 nitrogen and oxygen atoms in total. The van der Waals surface area contributed by atoms with E-state index in [1.807, 2.05) is 0 Å². The standard InChI is InChI=1S/C33H52F4O/c1-2-3-4-5-24-8-14-27(15-9-24)30-20-21-32(38-23-30)29-18-12-26(13-19-29)7-6-25-10-16-28(17-11-25)31(34)22-33(35,36)37/h6-7,22,24-30,32H,2-5,8-21,23H2,1H3/b7-6+,31-22-. The van der Waals surface area contributed by atoms with Gasteiger partial charge >= 0.3 is 6.18 Å². The van der Waals surface area contributed by atoms with E-state index in [0.29, 0.717) is 36.7 Å². The Morgan fingerprint density at radius 2 is 1.29 bits per heavy atom. The molecule has 0 bridgehead atoms. The second kappa shape index (κ2) is 14.7. The van der Waals surface area contributed by atoms with E-state index in [1.165, 1.54) is 89.9 Å². The van der Waals surface area contributed by atoms with Crippen molar-refractivity contribution in [3.05, 3.63) is 24.1 Å². The van der Waals surface area contributed by atoms with Crippen LogP contribution in [0.5, 0.6) is 0 Å². The van der Waals surface area contributed by atoms with Crippen LogP contribution in [0.1, 0.15) is 122 Å². The first kappa shape index (κ1) is 30.1. The normalized spacial score (nSPS) is 38.0. The first-order valence-electron chi connectivity index (χ1n) is 16.1. The summed E-state index contributed by atoms with van der Waals surface area (Å²) in [5, 5.41) is 0. The van der Waals surface area contributed by atoms with Crippen molar-refractivity contribution in [1.29, 1.82) is 0 Å². The number of unbranched alkanes of at least 4 members (excludes halogenated alkanes) is 2. The third-order valence-corrected chi connectivity index (χ3v) is 10.6. The second-order valence-corrected chi connectivity index (χ2v) is 13.2. The molecule has 1 saturated heterocycles. The summed E-state index contributed by atoms with van der Waals surface area (Å²) in [6.45, 7) is 3.28. The summed E-state index contributed by atoms with van der Waals surface area (Å²) < 4.78 is 57.7. The van der Waals surface area contributed by atoms with Crippen LogP contribution in [0.3, 0.4) is 0 Å². The molecule has 4 aliphatic rings. The van der Waals surface area contributed by atoms with E-state index in [2.05, 4.69) is 19.1 Å². The molecule has 0 N–H and O–H groups in total. The summed E-state index contributed by atoms with van der Waals surface area (Å²) in [6.07, 6.45) is 21.8. The summed E-state index contributed by atoms with van der Waals surface area (Å²) in [5.41, 5.74) is 0. The molecule has 0 spiro atoms. The molecule has 4 rings (SSSR count). The average Bonchev–Trinajstić information content (AvgIpc) is 2.92. The molecule has 0 amide bonds. The van der Waals surface area contributed by atoms with Crippen LogP contribution in [0.25, 0.3) is 0 Å². The first-order valence-corrected chi connectivity index (χ1v) is 16.1. The van der Waals surface area contributed by atoms with E-state index in [4.69, 9.17) is 4.74 Å². The Kier molecular flexibility index (Phi) is 11.6. The van der Waals surface area contributed by atoms with Crippen molar-refractivity contribution in [3.8, 4) is 0 Å². The quantitative estimate of drug-likeness (QED) is 0.161. The number of hydrogen-bond acceptors (Lipinski definition) is 1. The van der Waals surface area contributed by atoms with Crippen molar-refractivity contribution in [2.45, 2.75) is 135 Å². The van der Waals surface area contributed by atoms with Crippen LogP contribution < -0.4 is 0 Å². The fraction of sp³-hybridized carbons (Fsp3) is 0.879. The van der Waals surface area contributed by atoms with Crippen LogP contribution in [0.4, 0.5) is 17.6 Å². The lowest BCUT2D eigenvalue weighted by molar-refractivity contribution is -0.0821. The Morgan fingerprint density at radius 3 is 1.84 bits per heavy atom. The third-order valence-electron chi connectivity index (χ3n) is 10.6. The highest BCUT2D eigenvalue weighted by Crippen LogP contribution is 2.42. The molecule has 38 heavy (non-hydrogen) atoms. The van der Waals surface area contributed by atoms with Crippen LogP contribution in [-0.4, -0.2) is 18.9 Å². The average molecular weight is 541 g/mol. The monoisotopic (exact) mass is 540 g/mol. The highest BCUT2D eigenvalue weighted by Gasteiger charge is 2.35. The maximum Gasteiger partial charge on any atom is 0.412 e. The van der Waals surface area contributed by atoms with Crippen LogP contribution in [0, 0.1) is 41.4 Å². The summed E-state index contributed by atoms with van der Waals surface area (Å²) in [4.78, 5) is 0. The molecule has 0 aromatic rings. The Bertz CT molecular complexity index is 727. The van der Waals surface area contributed by atoms with Gasteiger partial charge in [-0.05, 0) is 113 Å². The van der Waals surface area contributed by atoms with Gasteiger partial charge in [0, 0.05) is 5.92 Å². The van der Waals surface area contributed by atoms with Gasteiger partial charge in [0.25, 0.3) is 0 Å². The van der Waals surface area contributed by atoms with Gasteiger partial charge in [-0.2, -0.15) is 13.2 Å². The topological polar surface area (TPSA) is 9.23 Å². The molecule has 0 radical (unpaired) electrons. The molecule has 218 valence electrons. The van der Waals surface area contributed by atoms with Crippen molar-refractivity contribution in [1.82, 2.24) is 0 Å². The summed E-state index contributed by atoms with van der Waals surface area (Å²) in [7, 11) is 0. The van der Waals surface area contributed by atoms with Crippen molar-refractivity contribution >= 4 is 0 Å². The fourth-order valence-electron chi connectivity index (χ4n) is 8.05. The number of ether oxygens (including phenoxy) is 1. The minimum Gasteiger partial charge on any atom is -0.378 e. The van der Waals surface area contributed by atoms with Crippen LogP contribution >= 0.6 is 0 Å². The molecule has 2 unspecified atom stereocenters. The zero-order valence-electron chi connectivity index (χ0n) is 23.7. The van der Waals surface area contributed by atoms with Crippen molar-refractivity contribution in [2.75, 3.05) is 6.61 Å². The minimum atomic E-state index is -4.56. The van der Waals surface area contributed by atoms with Gasteiger partial charge < -0.3 is 4.74 Å². The van der Waals surface area contributed by atoms with E-state index < -0.39 is 17.9 Å². The minimum absolute atomic E-state index is 0.150. The molecule has 4 fully saturated rings. The second-order valence-electron chi connectivity index (χ2n) is 13.2. The van der Waals surface area contributed by atoms with Crippen molar-refractivity contribution < 1.29 is 22.3 Å². The van der Waals surface area contributed by atoms with E-state index >= 15 is 0 Å². The third kappa shape index (κ3) is 9.37. The maximum atomic E-state index is 13.9. The Labute approximate surface area is 229 Å². The van der Waals surface area contributed by atoms with E-state index in [0.717, 1.165) is 37.2 Å². The first-order chi connectivity index (χ1) is 18.3. The molecule has 3 aliphatic carbocycles. The van der Waals surface area contributed by atoms with E-state index in [-0.39, 0.29) is 6.08 Å². The Hall–Kier alpha value is -0.840. The van der Waals surface area contributed by atoms with Gasteiger partial charge in [0.2, 0.25) is 0 Å². The zero-order valence-corrected chi connectivity index (χ0v) is 23.7. The van der Waals surface area contributed by atoms with Crippen molar-refractivity contribution in [3.63, 3.8) is 0 Å². The largest absolute Gasteiger partial charge is 0.412 e. The number of allylic oxidation sites excluding steroid dienone is 4. The predicted octanol–water partition coefficient (Wildman–Crippen LogP) is 10.8. The van der Waals surface area contributed by atoms with Gasteiger partial charge in [-0.25, -0.2) is 4.39 Å². The van der Waals surface area contributed by atoms with Crippen molar-refractivity contribution in [2.24, 2.45) is 41.4 Å². The fourth-order valence-corrected chi connectivity index (χ4v) is 8.05. The number of alkyl halides is 3. The highest BCUT2D eigenvalue weighted by atomic mass is 19.4. The molecule has 0 aromatic heterocycles. The zero-order chi connectivity index (χ0) is 27.0. The molecule has 2 atom stereocenters. The molecule has 0 aromatic carbocycles. The molecule has 3 saturated carbocycles. The summed E-state index contributed by atoms with van der Waals surface area (Å²) in [6, 6.07) is 0. The summed E-state index contributed by atoms with van der Waals surface area (Å²) >= 11 is 0. The lowest BCUT2D eigenvalue weighted by atomic mass is 9.71. The lowest BCUT2D eigenvalue weighted by Crippen LogP contribution is -2.37. The van der Waals surface area contributed by atoms with Gasteiger partial charge in [-0.3, -0.25) is 0 Å². The van der Waals surface area contributed by atoms with E-state index in [9.17, 15) is 17.6 Å². The molecular weight excluding hydrogens is 488 g/mol. The molecule has 1 aliphatic heterocycles. The van der Waals surface area contributed by atoms with Crippen LogP contribution in [0.15, 0.2) is 24.1 Å². The van der Waals surface area contributed by atoms with Gasteiger partial charge in [0.05, 0.1) is 18.8 Å². The number of halogens is 4. The maximum absolute atomic E-state index is 13.9. The SMILES string of the molecule is CCCCCC1CCC(C2CCC(C3CCC(/C=C/C4CCC(/C(F)=C/C(F)(F)F)CC4)CC3)OC2)CC1. The molecule has 5 heteroatoms. The number of rotatable bonds is 9. The highest BCUT2D eigenvalue weighted by molar-refractivity contribution is 5.05. The molecular formula is C33H52F4O. The lowest BCUT2D eigenvalue weighted by Gasteiger charge is -2.41. The predicted molar refractivity (Wildman–Crippen MR) is 147 cm³/mol. The van der Waals surface area contributed by atoms with Gasteiger partial charge in [0.15, 0.2) is 0 Å². The smallest absolute Gasteiger partial charge is 0.378 e. The Balaban J connectivity index is 1.10. The summed E-state index contributed by atoms with van der Waals surface area (Å²) in [5.74, 6) is 2.81. The van der Waals surface area contributed by atoms with Crippen LogP contribution in [0.2, 0.25) is 0 Å². The van der Waals surface area contributed by atoms with Gasteiger partial charge in [-0.15, -0.1) is 0 Å².